The largest absolute Gasteiger partial charge is 0.325 e. The number of hydrogen-bond acceptors (Lipinski definition) is 2. The zero-order valence-electron chi connectivity index (χ0n) is 11.4. The highest BCUT2D eigenvalue weighted by atomic mass is 35.5. The van der Waals surface area contributed by atoms with Crippen LogP contribution in [0.3, 0.4) is 0 Å². The third-order valence-corrected chi connectivity index (χ3v) is 4.37. The third-order valence-electron chi connectivity index (χ3n) is 4.12. The van der Waals surface area contributed by atoms with E-state index in [-0.39, 0.29) is 5.91 Å². The molecule has 0 bridgehead atoms. The molecule has 1 aromatic rings. The van der Waals surface area contributed by atoms with Crippen LogP contribution in [0.5, 0.6) is 0 Å². The van der Waals surface area contributed by atoms with E-state index >= 15 is 0 Å². The van der Waals surface area contributed by atoms with Gasteiger partial charge in [0.05, 0.1) is 6.54 Å². The molecule has 1 fully saturated rings. The highest BCUT2D eigenvalue weighted by Crippen LogP contribution is 2.30. The summed E-state index contributed by atoms with van der Waals surface area (Å²) in [6.45, 7) is 4.90. The Labute approximate surface area is 119 Å². The second kappa shape index (κ2) is 6.40. The van der Waals surface area contributed by atoms with E-state index in [1.165, 1.54) is 6.42 Å². The number of rotatable bonds is 4. The lowest BCUT2D eigenvalue weighted by atomic mass is 9.98. The Balaban J connectivity index is 1.77. The van der Waals surface area contributed by atoms with Gasteiger partial charge in [-0.1, -0.05) is 25.4 Å². The fourth-order valence-corrected chi connectivity index (χ4v) is 2.74. The number of benzene rings is 1. The predicted octanol–water partition coefficient (Wildman–Crippen LogP) is 3.30. The molecule has 3 unspecified atom stereocenters. The summed E-state index contributed by atoms with van der Waals surface area (Å²) in [5.41, 5.74) is 0.782. The van der Waals surface area contributed by atoms with E-state index in [0.717, 1.165) is 18.0 Å². The van der Waals surface area contributed by atoms with E-state index in [9.17, 15) is 4.79 Å². The molecule has 1 aliphatic carbocycles. The third kappa shape index (κ3) is 3.95. The van der Waals surface area contributed by atoms with Gasteiger partial charge >= 0.3 is 0 Å². The molecule has 1 amide bonds. The standard InChI is InChI=1S/C15H21ClN2O/c1-10-3-8-14(11(10)2)17-9-15(19)18-13-6-4-12(16)5-7-13/h4-7,10-11,14,17H,3,8-9H2,1-2H3,(H,18,19). The number of nitrogens with one attached hydrogen (secondary N) is 2. The zero-order valence-corrected chi connectivity index (χ0v) is 12.2. The Hall–Kier alpha value is -1.06. The molecule has 19 heavy (non-hydrogen) atoms. The smallest absolute Gasteiger partial charge is 0.238 e. The van der Waals surface area contributed by atoms with E-state index in [2.05, 4.69) is 24.5 Å². The molecular weight excluding hydrogens is 260 g/mol. The van der Waals surface area contributed by atoms with Gasteiger partial charge in [0, 0.05) is 16.8 Å². The van der Waals surface area contributed by atoms with Gasteiger partial charge in [0.25, 0.3) is 0 Å². The zero-order chi connectivity index (χ0) is 13.8. The molecule has 3 atom stereocenters. The number of anilines is 1. The van der Waals surface area contributed by atoms with E-state index in [1.807, 2.05) is 0 Å². The van der Waals surface area contributed by atoms with Gasteiger partial charge in [0.15, 0.2) is 0 Å². The predicted molar refractivity (Wildman–Crippen MR) is 79.4 cm³/mol. The van der Waals surface area contributed by atoms with Gasteiger partial charge in [-0.25, -0.2) is 0 Å². The van der Waals surface area contributed by atoms with Crippen molar-refractivity contribution in [1.82, 2.24) is 5.32 Å². The molecule has 0 heterocycles. The van der Waals surface area contributed by atoms with Crippen LogP contribution in [0.2, 0.25) is 5.02 Å². The molecule has 1 aromatic carbocycles. The maximum Gasteiger partial charge on any atom is 0.238 e. The fourth-order valence-electron chi connectivity index (χ4n) is 2.61. The van der Waals surface area contributed by atoms with Crippen LogP contribution >= 0.6 is 11.6 Å². The maximum absolute atomic E-state index is 11.8. The molecule has 104 valence electrons. The summed E-state index contributed by atoms with van der Waals surface area (Å²) in [4.78, 5) is 11.8. The Morgan fingerprint density at radius 1 is 1.26 bits per heavy atom. The first-order valence-corrected chi connectivity index (χ1v) is 7.23. The molecule has 0 aliphatic heterocycles. The Morgan fingerprint density at radius 2 is 1.95 bits per heavy atom. The molecule has 1 saturated carbocycles. The van der Waals surface area contributed by atoms with Gasteiger partial charge in [0.2, 0.25) is 5.91 Å². The van der Waals surface area contributed by atoms with Gasteiger partial charge in [0.1, 0.15) is 0 Å². The van der Waals surface area contributed by atoms with Crippen molar-refractivity contribution in [3.63, 3.8) is 0 Å². The minimum absolute atomic E-state index is 0.00549. The average Bonchev–Trinajstić information content (AvgIpc) is 2.70. The summed E-state index contributed by atoms with van der Waals surface area (Å²) in [7, 11) is 0. The van der Waals surface area contributed by atoms with Gasteiger partial charge in [-0.15, -0.1) is 0 Å². The van der Waals surface area contributed by atoms with Crippen LogP contribution in [0.15, 0.2) is 24.3 Å². The topological polar surface area (TPSA) is 41.1 Å². The second-order valence-electron chi connectivity index (χ2n) is 5.46. The molecule has 0 radical (unpaired) electrons. The number of amides is 1. The van der Waals surface area contributed by atoms with Gasteiger partial charge in [-0.05, 0) is 48.9 Å². The number of halogens is 1. The first-order valence-electron chi connectivity index (χ1n) is 6.85. The monoisotopic (exact) mass is 280 g/mol. The Morgan fingerprint density at radius 3 is 2.53 bits per heavy atom. The summed E-state index contributed by atoms with van der Waals surface area (Å²) >= 11 is 5.80. The second-order valence-corrected chi connectivity index (χ2v) is 5.89. The van der Waals surface area contributed by atoms with Crippen molar-refractivity contribution in [3.05, 3.63) is 29.3 Å². The molecule has 2 N–H and O–H groups in total. The molecule has 3 nitrogen and oxygen atoms in total. The van der Waals surface area contributed by atoms with E-state index in [1.54, 1.807) is 24.3 Å². The van der Waals surface area contributed by atoms with Crippen molar-refractivity contribution in [2.75, 3.05) is 11.9 Å². The van der Waals surface area contributed by atoms with Crippen LogP contribution in [0, 0.1) is 11.8 Å². The molecule has 4 heteroatoms. The van der Waals surface area contributed by atoms with Gasteiger partial charge < -0.3 is 10.6 Å². The summed E-state index contributed by atoms with van der Waals surface area (Å²) in [6.07, 6.45) is 2.41. The van der Waals surface area contributed by atoms with Crippen LogP contribution in [-0.4, -0.2) is 18.5 Å². The minimum Gasteiger partial charge on any atom is -0.325 e. The van der Waals surface area contributed by atoms with Crippen molar-refractivity contribution in [3.8, 4) is 0 Å². The lowest BCUT2D eigenvalue weighted by Gasteiger charge is -2.19. The van der Waals surface area contributed by atoms with Crippen LogP contribution in [0.25, 0.3) is 0 Å². The average molecular weight is 281 g/mol. The first-order chi connectivity index (χ1) is 9.06. The van der Waals surface area contributed by atoms with E-state index in [0.29, 0.717) is 23.5 Å². The van der Waals surface area contributed by atoms with Crippen molar-refractivity contribution in [2.45, 2.75) is 32.7 Å². The molecule has 0 aromatic heterocycles. The number of carbonyl (C=O) groups is 1. The molecule has 1 aliphatic rings. The SMILES string of the molecule is CC1CCC(NCC(=O)Nc2ccc(Cl)cc2)C1C. The summed E-state index contributed by atoms with van der Waals surface area (Å²) in [5, 5.41) is 6.89. The van der Waals surface area contributed by atoms with Gasteiger partial charge in [-0.2, -0.15) is 0 Å². The highest BCUT2D eigenvalue weighted by Gasteiger charge is 2.29. The minimum atomic E-state index is -0.00549. The lowest BCUT2D eigenvalue weighted by Crippen LogP contribution is -2.38. The van der Waals surface area contributed by atoms with Crippen LogP contribution in [0.1, 0.15) is 26.7 Å². The van der Waals surface area contributed by atoms with Crippen molar-refractivity contribution >= 4 is 23.2 Å². The van der Waals surface area contributed by atoms with Crippen LogP contribution in [0.4, 0.5) is 5.69 Å². The number of hydrogen-bond donors (Lipinski definition) is 2. The first kappa shape index (κ1) is 14.4. The molecule has 0 saturated heterocycles. The molecule has 2 rings (SSSR count). The Bertz CT molecular complexity index is 432. The summed E-state index contributed by atoms with van der Waals surface area (Å²) < 4.78 is 0. The van der Waals surface area contributed by atoms with Crippen molar-refractivity contribution in [2.24, 2.45) is 11.8 Å². The molecular formula is C15H21ClN2O. The van der Waals surface area contributed by atoms with Crippen LogP contribution < -0.4 is 10.6 Å². The lowest BCUT2D eigenvalue weighted by molar-refractivity contribution is -0.115. The fraction of sp³-hybridized carbons (Fsp3) is 0.533. The molecule has 0 spiro atoms. The van der Waals surface area contributed by atoms with Crippen molar-refractivity contribution in [1.29, 1.82) is 0 Å². The van der Waals surface area contributed by atoms with Crippen LogP contribution in [-0.2, 0) is 4.79 Å². The highest BCUT2D eigenvalue weighted by molar-refractivity contribution is 6.30. The Kier molecular flexibility index (Phi) is 4.83. The normalized spacial score (nSPS) is 26.4. The number of carbonyl (C=O) groups excluding carboxylic acids is 1. The van der Waals surface area contributed by atoms with Crippen molar-refractivity contribution < 1.29 is 4.79 Å². The quantitative estimate of drug-likeness (QED) is 0.888. The van der Waals surface area contributed by atoms with Gasteiger partial charge in [-0.3, -0.25) is 4.79 Å². The van der Waals surface area contributed by atoms with E-state index in [4.69, 9.17) is 11.6 Å². The summed E-state index contributed by atoms with van der Waals surface area (Å²) in [6, 6.07) is 7.61. The van der Waals surface area contributed by atoms with E-state index < -0.39 is 0 Å². The summed E-state index contributed by atoms with van der Waals surface area (Å²) in [5.74, 6) is 1.38. The maximum atomic E-state index is 11.8.